The summed E-state index contributed by atoms with van der Waals surface area (Å²) >= 11 is 0. The molecular formula is C19H23FN2O4S. The molecule has 0 radical (unpaired) electrons. The van der Waals surface area contributed by atoms with Crippen molar-refractivity contribution < 1.29 is 21.8 Å². The molecule has 0 aliphatic heterocycles. The zero-order valence-corrected chi connectivity index (χ0v) is 16.3. The maximum absolute atomic E-state index is 15.2. The van der Waals surface area contributed by atoms with E-state index in [1.54, 1.807) is 24.3 Å². The molecule has 0 aromatic heterocycles. The Bertz CT molecular complexity index is 949. The molecule has 2 rings (SSSR count). The third-order valence-corrected chi connectivity index (χ3v) is 5.42. The fraction of sp³-hybridized carbons (Fsp3) is 0.316. The van der Waals surface area contributed by atoms with E-state index in [4.69, 9.17) is 11.5 Å². The van der Waals surface area contributed by atoms with E-state index < -0.39 is 32.3 Å². The van der Waals surface area contributed by atoms with Gasteiger partial charge in [-0.15, -0.1) is 0 Å². The molecule has 2 aromatic carbocycles. The minimum Gasteiger partial charge on any atom is -0.399 e. The van der Waals surface area contributed by atoms with Crippen LogP contribution in [-0.4, -0.2) is 14.5 Å². The van der Waals surface area contributed by atoms with Gasteiger partial charge < -0.3 is 15.7 Å². The first-order valence-corrected chi connectivity index (χ1v) is 9.73. The summed E-state index contributed by atoms with van der Waals surface area (Å²) in [5.41, 5.74) is 11.7. The first kappa shape index (κ1) is 20.7. The van der Waals surface area contributed by atoms with Gasteiger partial charge in [0.05, 0.1) is 0 Å². The van der Waals surface area contributed by atoms with Crippen molar-refractivity contribution in [2.75, 3.05) is 5.73 Å². The maximum Gasteiger partial charge on any atom is 0.420 e. The Hall–Kier alpha value is -2.61. The van der Waals surface area contributed by atoms with Crippen LogP contribution < -0.4 is 11.5 Å². The molecule has 0 unspecified atom stereocenters. The van der Waals surface area contributed by atoms with Crippen LogP contribution in [0.15, 0.2) is 41.3 Å². The van der Waals surface area contributed by atoms with Gasteiger partial charge in [-0.1, -0.05) is 39.0 Å². The van der Waals surface area contributed by atoms with Crippen molar-refractivity contribution in [3.05, 3.63) is 58.9 Å². The summed E-state index contributed by atoms with van der Waals surface area (Å²) < 4.78 is 44.1. The van der Waals surface area contributed by atoms with Crippen molar-refractivity contribution in [3.8, 4) is 0 Å². The summed E-state index contributed by atoms with van der Waals surface area (Å²) in [5, 5.41) is 0. The Morgan fingerprint density at radius 2 is 1.67 bits per heavy atom. The Balaban J connectivity index is 2.52. The van der Waals surface area contributed by atoms with Crippen LogP contribution in [0.1, 0.15) is 37.5 Å². The number of anilines is 1. The number of halogens is 1. The topological polar surface area (TPSA) is 112 Å². The molecule has 0 saturated carbocycles. The molecule has 2 aromatic rings. The number of amides is 1. The highest BCUT2D eigenvalue weighted by atomic mass is 32.2. The fourth-order valence-corrected chi connectivity index (χ4v) is 3.79. The van der Waals surface area contributed by atoms with E-state index in [1.165, 1.54) is 12.1 Å². The lowest BCUT2D eigenvalue weighted by atomic mass is 9.85. The number of carbonyl (C=O) groups is 1. The molecule has 4 N–H and O–H groups in total. The second-order valence-electron chi connectivity index (χ2n) is 7.25. The van der Waals surface area contributed by atoms with Crippen LogP contribution in [-0.2, 0) is 32.6 Å². The summed E-state index contributed by atoms with van der Waals surface area (Å²) in [5.74, 6) is -0.632. The summed E-state index contributed by atoms with van der Waals surface area (Å²) in [4.78, 5) is 10.5. The highest BCUT2D eigenvalue weighted by Crippen LogP contribution is 2.32. The van der Waals surface area contributed by atoms with E-state index in [2.05, 4.69) is 4.18 Å². The molecule has 0 saturated heterocycles. The van der Waals surface area contributed by atoms with Gasteiger partial charge in [0.1, 0.15) is 10.7 Å². The number of primary amides is 1. The summed E-state index contributed by atoms with van der Waals surface area (Å²) in [6.45, 7) is 5.47. The molecule has 0 fully saturated rings. The van der Waals surface area contributed by atoms with Gasteiger partial charge >= 0.3 is 16.2 Å². The average molecular weight is 394 g/mol. The van der Waals surface area contributed by atoms with Gasteiger partial charge in [0.15, 0.2) is 0 Å². The van der Waals surface area contributed by atoms with Crippen LogP contribution >= 0.6 is 0 Å². The molecule has 146 valence electrons. The molecule has 0 spiro atoms. The summed E-state index contributed by atoms with van der Waals surface area (Å²) in [7, 11) is -4.52. The highest BCUT2D eigenvalue weighted by Gasteiger charge is 2.29. The predicted octanol–water partition coefficient (Wildman–Crippen LogP) is 3.27. The van der Waals surface area contributed by atoms with E-state index >= 15 is 4.39 Å². The fourth-order valence-electron chi connectivity index (χ4n) is 2.76. The first-order chi connectivity index (χ1) is 12.4. The van der Waals surface area contributed by atoms with Gasteiger partial charge in [-0.3, -0.25) is 0 Å². The number of rotatable bonds is 5. The van der Waals surface area contributed by atoms with Crippen molar-refractivity contribution in [2.45, 2.75) is 43.9 Å². The Morgan fingerprint density at radius 1 is 1.07 bits per heavy atom. The van der Waals surface area contributed by atoms with E-state index in [1.807, 2.05) is 20.8 Å². The lowest BCUT2D eigenvalue weighted by Crippen LogP contribution is -2.22. The number of benzene rings is 2. The molecule has 27 heavy (non-hydrogen) atoms. The Labute approximate surface area is 158 Å². The zero-order valence-electron chi connectivity index (χ0n) is 15.5. The standard InChI is InChI=1S/C19H23FN2O4S/c1-19(2,3)15-10-11-16(27(24,25)26-18(22)23)14(17(15)20)9-6-12-4-7-13(21)8-5-12/h4-5,7-8,10-11H,6,9,21H2,1-3H3,(H2,22,23). The molecule has 8 heteroatoms. The highest BCUT2D eigenvalue weighted by molar-refractivity contribution is 7.87. The van der Waals surface area contributed by atoms with Gasteiger partial charge in [0.2, 0.25) is 0 Å². The van der Waals surface area contributed by atoms with Crippen molar-refractivity contribution in [2.24, 2.45) is 5.73 Å². The Kier molecular flexibility index (Phi) is 5.79. The summed E-state index contributed by atoms with van der Waals surface area (Å²) in [6, 6.07) is 9.64. The molecule has 0 heterocycles. The normalized spacial score (nSPS) is 12.0. The molecule has 1 amide bonds. The molecule has 0 bridgehead atoms. The smallest absolute Gasteiger partial charge is 0.399 e. The number of hydrogen-bond donors (Lipinski definition) is 2. The van der Waals surface area contributed by atoms with Crippen molar-refractivity contribution >= 4 is 21.9 Å². The van der Waals surface area contributed by atoms with Crippen LogP contribution in [0.4, 0.5) is 14.9 Å². The van der Waals surface area contributed by atoms with Crippen LogP contribution in [0.25, 0.3) is 0 Å². The second kappa shape index (κ2) is 7.56. The molecule has 0 aliphatic carbocycles. The van der Waals surface area contributed by atoms with Gasteiger partial charge in [0.25, 0.3) is 0 Å². The van der Waals surface area contributed by atoms with E-state index in [9.17, 15) is 13.2 Å². The van der Waals surface area contributed by atoms with Gasteiger partial charge in [-0.05, 0) is 47.6 Å². The zero-order chi connectivity index (χ0) is 20.4. The lowest BCUT2D eigenvalue weighted by molar-refractivity contribution is 0.212. The largest absolute Gasteiger partial charge is 0.420 e. The van der Waals surface area contributed by atoms with Gasteiger partial charge in [-0.25, -0.2) is 9.18 Å². The number of hydrogen-bond acceptors (Lipinski definition) is 5. The third kappa shape index (κ3) is 4.97. The molecule has 0 atom stereocenters. The quantitative estimate of drug-likeness (QED) is 0.597. The Morgan fingerprint density at radius 3 is 2.19 bits per heavy atom. The minimum atomic E-state index is -4.52. The van der Waals surface area contributed by atoms with Crippen molar-refractivity contribution in [1.29, 1.82) is 0 Å². The summed E-state index contributed by atoms with van der Waals surface area (Å²) in [6.07, 6.45) is -1.000. The van der Waals surface area contributed by atoms with Crippen molar-refractivity contribution in [1.82, 2.24) is 0 Å². The number of nitrogens with two attached hydrogens (primary N) is 2. The van der Waals surface area contributed by atoms with Gasteiger partial charge in [-0.2, -0.15) is 8.42 Å². The van der Waals surface area contributed by atoms with Crippen LogP contribution in [0.5, 0.6) is 0 Å². The van der Waals surface area contributed by atoms with Gasteiger partial charge in [0, 0.05) is 11.3 Å². The third-order valence-electron chi connectivity index (χ3n) is 4.11. The minimum absolute atomic E-state index is 0.0412. The maximum atomic E-state index is 15.2. The van der Waals surface area contributed by atoms with Crippen LogP contribution in [0, 0.1) is 5.82 Å². The average Bonchev–Trinajstić information content (AvgIpc) is 2.52. The van der Waals surface area contributed by atoms with E-state index in [0.29, 0.717) is 17.7 Å². The first-order valence-electron chi connectivity index (χ1n) is 8.32. The predicted molar refractivity (Wildman–Crippen MR) is 101 cm³/mol. The number of aryl methyl sites for hydroxylation is 1. The molecule has 0 aliphatic rings. The number of nitrogen functional groups attached to an aromatic ring is 1. The number of carbonyl (C=O) groups excluding carboxylic acids is 1. The van der Waals surface area contributed by atoms with Crippen LogP contribution in [0.2, 0.25) is 0 Å². The lowest BCUT2D eigenvalue weighted by Gasteiger charge is -2.22. The second-order valence-corrected chi connectivity index (χ2v) is 8.77. The molecule has 6 nitrogen and oxygen atoms in total. The van der Waals surface area contributed by atoms with E-state index in [0.717, 1.165) is 5.56 Å². The SMILES string of the molecule is CC(C)(C)c1ccc(S(=O)(=O)OC(N)=O)c(CCc2ccc(N)cc2)c1F. The van der Waals surface area contributed by atoms with Crippen LogP contribution in [0.3, 0.4) is 0 Å². The van der Waals surface area contributed by atoms with Crippen molar-refractivity contribution in [3.63, 3.8) is 0 Å². The monoisotopic (exact) mass is 394 g/mol. The molecular weight excluding hydrogens is 371 g/mol. The van der Waals surface area contributed by atoms with E-state index in [-0.39, 0.29) is 12.0 Å².